The predicted molar refractivity (Wildman–Crippen MR) is 345 cm³/mol. The number of rotatable bonds is 40. The van der Waals surface area contributed by atoms with Crippen molar-refractivity contribution in [2.45, 2.75) is 312 Å². The predicted octanol–water partition coefficient (Wildman–Crippen LogP) is 22.2. The van der Waals surface area contributed by atoms with Gasteiger partial charge in [-0.1, -0.05) is 0 Å². The van der Waals surface area contributed by atoms with Crippen molar-refractivity contribution in [2.24, 2.45) is 0 Å². The molecular weight excluding hydrogens is 1170 g/mol. The fraction of sp³-hybridized carbons (Fsp3) is 0.735. The Bertz CT molecular complexity index is 2300. The van der Waals surface area contributed by atoms with Gasteiger partial charge in [0.1, 0.15) is 0 Å². The van der Waals surface area contributed by atoms with Crippen LogP contribution in [0, 0.1) is 0 Å². The minimum absolute atomic E-state index is 0.0370. The number of benzene rings is 3. The van der Waals surface area contributed by atoms with Crippen molar-refractivity contribution in [3.05, 3.63) is 46.5 Å². The second-order valence-electron chi connectivity index (χ2n) is 25.1. The second kappa shape index (κ2) is 30.8. The molecule has 2 aliphatic carbocycles. The molecule has 0 saturated heterocycles. The van der Waals surface area contributed by atoms with Crippen molar-refractivity contribution in [2.75, 3.05) is 0 Å². The first-order valence-corrected chi connectivity index (χ1v) is 49.5. The zero-order valence-corrected chi connectivity index (χ0v) is 58.1. The van der Waals surface area contributed by atoms with E-state index in [-0.39, 0.29) is 10.8 Å². The molecule has 0 atom stereocenters. The zero-order chi connectivity index (χ0) is 54.0. The monoisotopic (exact) mass is 1290 g/mol. The summed E-state index contributed by atoms with van der Waals surface area (Å²) in [7, 11) is 0. The maximum atomic E-state index is 5.60. The summed E-state index contributed by atoms with van der Waals surface area (Å²) in [6.45, 7) is 24.3. The molecule has 5 aromatic rings. The number of hydrogen-bond acceptors (Lipinski definition) is 6. The fourth-order valence-electron chi connectivity index (χ4n) is 15.5. The molecule has 0 bridgehead atoms. The molecule has 0 aliphatic heterocycles. The maximum absolute atomic E-state index is 5.60. The number of hydrogen-bond donors (Lipinski definition) is 0. The van der Waals surface area contributed by atoms with Crippen LogP contribution in [0.4, 0.5) is 0 Å². The molecule has 8 heteroatoms. The molecule has 76 heavy (non-hydrogen) atoms. The molecule has 2 heterocycles. The number of unbranched alkanes of at least 4 members (excludes halogenated alkanes) is 18. The number of fused-ring (bicyclic) bond motifs is 10. The first-order chi connectivity index (χ1) is 37.2. The summed E-state index contributed by atoms with van der Waals surface area (Å²) in [5.74, 6) is 0. The van der Waals surface area contributed by atoms with Gasteiger partial charge in [0.05, 0.1) is 0 Å². The molecular formula is C68H110N4S2Sn2. The van der Waals surface area contributed by atoms with Crippen LogP contribution in [-0.2, 0) is 10.8 Å². The van der Waals surface area contributed by atoms with Gasteiger partial charge in [-0.15, -0.1) is 0 Å². The Morgan fingerprint density at radius 2 is 0.566 bits per heavy atom. The van der Waals surface area contributed by atoms with Crippen LogP contribution in [0.25, 0.3) is 44.3 Å². The third-order valence-corrected chi connectivity index (χ3v) is 52.1. The molecule has 0 N–H and O–H groups in total. The van der Waals surface area contributed by atoms with Crippen LogP contribution in [0.1, 0.15) is 297 Å². The molecule has 4 nitrogen and oxygen atoms in total. The molecule has 2 aliphatic rings. The number of aromatic nitrogens is 4. The SMILES string of the molecule is CCCCCCC1(CCCCCC)c2cc3c(cc2-c2c1c[c]([Sn]([CH2]CCC)([CH2]CCC)[CH2]CCC)c1nsnc21)C(CCCCCC)(CCCCCC)c1c[c]([Sn]([CH2]CCC)([CH2]CCC)[CH2]CCC)c2nsnc2c1-3. The van der Waals surface area contributed by atoms with Crippen molar-refractivity contribution >= 4 is 89.4 Å². The van der Waals surface area contributed by atoms with Crippen LogP contribution in [0.2, 0.25) is 26.6 Å². The molecule has 0 radical (unpaired) electrons. The van der Waals surface area contributed by atoms with Crippen molar-refractivity contribution in [1.29, 1.82) is 0 Å². The van der Waals surface area contributed by atoms with E-state index in [4.69, 9.17) is 17.5 Å². The third kappa shape index (κ3) is 13.2. The van der Waals surface area contributed by atoms with Gasteiger partial charge in [0.25, 0.3) is 0 Å². The van der Waals surface area contributed by atoms with Crippen LogP contribution < -0.4 is 7.16 Å². The summed E-state index contributed by atoms with van der Waals surface area (Å²) in [5.41, 5.74) is 18.0. The molecule has 0 unspecified atom stereocenters. The van der Waals surface area contributed by atoms with Crippen LogP contribution in [0.3, 0.4) is 0 Å². The molecule has 422 valence electrons. The summed E-state index contributed by atoms with van der Waals surface area (Å²) in [6, 6.07) is 11.7. The normalized spacial score (nSPS) is 14.6. The Kier molecular flexibility index (Phi) is 25.3. The summed E-state index contributed by atoms with van der Waals surface area (Å²) < 4.78 is 34.6. The molecule has 0 amide bonds. The molecule has 0 spiro atoms. The number of nitrogens with zero attached hydrogens (tertiary/aromatic N) is 4. The van der Waals surface area contributed by atoms with E-state index >= 15 is 0 Å². The van der Waals surface area contributed by atoms with Gasteiger partial charge in [-0.3, -0.25) is 0 Å². The fourth-order valence-corrected chi connectivity index (χ4v) is 50.0. The first-order valence-electron chi connectivity index (χ1n) is 33.0. The van der Waals surface area contributed by atoms with Gasteiger partial charge < -0.3 is 0 Å². The Hall–Kier alpha value is -1.10. The van der Waals surface area contributed by atoms with Gasteiger partial charge in [-0.2, -0.15) is 0 Å². The summed E-state index contributed by atoms with van der Waals surface area (Å²) in [5, 5.41) is 0. The van der Waals surface area contributed by atoms with Gasteiger partial charge in [0.2, 0.25) is 0 Å². The van der Waals surface area contributed by atoms with Crippen molar-refractivity contribution in [3.63, 3.8) is 0 Å². The van der Waals surface area contributed by atoms with Gasteiger partial charge in [-0.05, 0) is 0 Å². The third-order valence-electron chi connectivity index (χ3n) is 19.9. The van der Waals surface area contributed by atoms with Crippen LogP contribution >= 0.6 is 23.5 Å². The average molecular weight is 1290 g/mol. The molecule has 7 rings (SSSR count). The van der Waals surface area contributed by atoms with E-state index in [0.717, 1.165) is 0 Å². The zero-order valence-electron chi connectivity index (χ0n) is 50.8. The molecule has 0 fully saturated rings. The quantitative estimate of drug-likeness (QED) is 0.0290. The summed E-state index contributed by atoms with van der Waals surface area (Å²) >= 11 is -2.99. The van der Waals surface area contributed by atoms with Crippen LogP contribution in [0.15, 0.2) is 24.3 Å². The van der Waals surface area contributed by atoms with E-state index in [0.29, 0.717) is 0 Å². The molecule has 0 saturated carbocycles. The van der Waals surface area contributed by atoms with Gasteiger partial charge in [0.15, 0.2) is 0 Å². The Labute approximate surface area is 483 Å². The van der Waals surface area contributed by atoms with Gasteiger partial charge in [-0.25, -0.2) is 0 Å². The van der Waals surface area contributed by atoms with Crippen molar-refractivity contribution in [3.8, 4) is 22.3 Å². The van der Waals surface area contributed by atoms with Crippen LogP contribution in [0.5, 0.6) is 0 Å². The molecule has 3 aromatic carbocycles. The minimum atomic E-state index is -3.03. The van der Waals surface area contributed by atoms with E-state index < -0.39 is 36.8 Å². The van der Waals surface area contributed by atoms with E-state index in [1.54, 1.807) is 40.5 Å². The van der Waals surface area contributed by atoms with E-state index in [2.05, 4.69) is 93.5 Å². The van der Waals surface area contributed by atoms with Crippen molar-refractivity contribution < 1.29 is 0 Å². The molecule has 2 aromatic heterocycles. The van der Waals surface area contributed by atoms with Gasteiger partial charge in [0, 0.05) is 0 Å². The second-order valence-corrected chi connectivity index (χ2v) is 52.5. The van der Waals surface area contributed by atoms with E-state index in [1.165, 1.54) is 289 Å². The van der Waals surface area contributed by atoms with E-state index in [9.17, 15) is 0 Å². The summed E-state index contributed by atoms with van der Waals surface area (Å²) in [4.78, 5) is 0. The Morgan fingerprint density at radius 1 is 0.303 bits per heavy atom. The first kappa shape index (κ1) is 62.5. The van der Waals surface area contributed by atoms with Crippen molar-refractivity contribution in [1.82, 2.24) is 17.5 Å². The Morgan fingerprint density at radius 3 is 0.829 bits per heavy atom. The topological polar surface area (TPSA) is 51.6 Å². The van der Waals surface area contributed by atoms with Crippen LogP contribution in [-0.4, -0.2) is 54.2 Å². The summed E-state index contributed by atoms with van der Waals surface area (Å²) in [6.07, 6.45) is 41.8. The standard InChI is InChI=1S/C44H56N4S2.6C4H9.2Sn/c1-5-9-13-17-25-43(26-18-14-10-6-2)33-21-23-37-41(47-49-45-37)39(33)31-30-36-32(29-35(31)43)40-34(22-24-38-42(40)48-50-46-38)44(36,27-19-15-11-7-3)28-20-16-12-8-4;6*1-3-4-2;;/h21-22,29-30H,5-20,25-28H2,1-4H3;6*1,3-4H2,2H3;;. The average Bonchev–Trinajstić information content (AvgIpc) is 4.39. The Balaban J connectivity index is 1.62. The van der Waals surface area contributed by atoms with Gasteiger partial charge >= 0.3 is 488 Å². The van der Waals surface area contributed by atoms with E-state index in [1.807, 2.05) is 0 Å².